The SMILES string of the molecule is O=C(C=C1CCOc2ccc(Cl)cc21)NC1CC1. The summed E-state index contributed by atoms with van der Waals surface area (Å²) in [6.45, 7) is 0.608. The van der Waals surface area contributed by atoms with Crippen molar-refractivity contribution in [1.29, 1.82) is 0 Å². The molecule has 1 aromatic carbocycles. The fourth-order valence-electron chi connectivity index (χ4n) is 2.06. The van der Waals surface area contributed by atoms with Crippen LogP contribution in [0.4, 0.5) is 0 Å². The van der Waals surface area contributed by atoms with E-state index in [4.69, 9.17) is 16.3 Å². The number of hydrogen-bond donors (Lipinski definition) is 1. The number of rotatable bonds is 2. The molecule has 1 aromatic rings. The van der Waals surface area contributed by atoms with Crippen molar-refractivity contribution in [2.24, 2.45) is 0 Å². The van der Waals surface area contributed by atoms with E-state index in [-0.39, 0.29) is 5.91 Å². The van der Waals surface area contributed by atoms with Crippen LogP contribution in [0.5, 0.6) is 5.75 Å². The second kappa shape index (κ2) is 4.65. The standard InChI is InChI=1S/C14H14ClNO2/c15-10-1-4-13-12(8-10)9(5-6-18-13)7-14(17)16-11-2-3-11/h1,4,7-8,11H,2-3,5-6H2,(H,16,17). The van der Waals surface area contributed by atoms with Gasteiger partial charge in [0.25, 0.3) is 0 Å². The lowest BCUT2D eigenvalue weighted by Gasteiger charge is -2.20. The fourth-order valence-corrected chi connectivity index (χ4v) is 2.24. The van der Waals surface area contributed by atoms with Crippen molar-refractivity contribution < 1.29 is 9.53 Å². The average Bonchev–Trinajstić information content (AvgIpc) is 3.14. The Balaban J connectivity index is 1.87. The van der Waals surface area contributed by atoms with Crippen LogP contribution in [-0.2, 0) is 4.79 Å². The van der Waals surface area contributed by atoms with E-state index in [2.05, 4.69) is 5.32 Å². The van der Waals surface area contributed by atoms with E-state index in [1.54, 1.807) is 12.1 Å². The maximum absolute atomic E-state index is 11.8. The number of ether oxygens (including phenoxy) is 1. The summed E-state index contributed by atoms with van der Waals surface area (Å²) in [7, 11) is 0. The van der Waals surface area contributed by atoms with E-state index >= 15 is 0 Å². The van der Waals surface area contributed by atoms with Crippen LogP contribution in [-0.4, -0.2) is 18.6 Å². The normalized spacial score (nSPS) is 20.2. The lowest BCUT2D eigenvalue weighted by molar-refractivity contribution is -0.116. The van der Waals surface area contributed by atoms with Crippen molar-refractivity contribution in [3.63, 3.8) is 0 Å². The molecule has 1 saturated carbocycles. The van der Waals surface area contributed by atoms with Crippen molar-refractivity contribution in [1.82, 2.24) is 5.32 Å². The monoisotopic (exact) mass is 263 g/mol. The van der Waals surface area contributed by atoms with E-state index in [9.17, 15) is 4.79 Å². The lowest BCUT2D eigenvalue weighted by Crippen LogP contribution is -2.23. The van der Waals surface area contributed by atoms with Crippen molar-refractivity contribution in [2.45, 2.75) is 25.3 Å². The second-order valence-corrected chi connectivity index (χ2v) is 5.13. The highest BCUT2D eigenvalue weighted by molar-refractivity contribution is 6.30. The Labute approximate surface area is 111 Å². The van der Waals surface area contributed by atoms with Gasteiger partial charge in [0, 0.05) is 29.1 Å². The molecule has 1 aliphatic heterocycles. The first-order valence-electron chi connectivity index (χ1n) is 6.16. The van der Waals surface area contributed by atoms with Gasteiger partial charge in [-0.25, -0.2) is 0 Å². The summed E-state index contributed by atoms with van der Waals surface area (Å²) < 4.78 is 5.55. The largest absolute Gasteiger partial charge is 0.493 e. The molecule has 1 aliphatic carbocycles. The van der Waals surface area contributed by atoms with Crippen LogP contribution in [0.25, 0.3) is 5.57 Å². The van der Waals surface area contributed by atoms with Crippen LogP contribution < -0.4 is 10.1 Å². The minimum absolute atomic E-state index is 0.0136. The molecule has 1 fully saturated rings. The number of fused-ring (bicyclic) bond motifs is 1. The zero-order valence-electron chi connectivity index (χ0n) is 9.91. The Morgan fingerprint density at radius 3 is 3.06 bits per heavy atom. The average molecular weight is 264 g/mol. The number of hydrogen-bond acceptors (Lipinski definition) is 2. The fraction of sp³-hybridized carbons (Fsp3) is 0.357. The summed E-state index contributed by atoms with van der Waals surface area (Å²) in [5.41, 5.74) is 1.93. The van der Waals surface area contributed by atoms with Crippen LogP contribution in [0, 0.1) is 0 Å². The van der Waals surface area contributed by atoms with Crippen LogP contribution >= 0.6 is 11.6 Å². The zero-order valence-corrected chi connectivity index (χ0v) is 10.7. The Hall–Kier alpha value is -1.48. The third kappa shape index (κ3) is 2.51. The van der Waals surface area contributed by atoms with E-state index in [0.29, 0.717) is 17.7 Å². The molecule has 0 aromatic heterocycles. The zero-order chi connectivity index (χ0) is 12.5. The predicted octanol–water partition coefficient (Wildman–Crippen LogP) is 2.78. The summed E-state index contributed by atoms with van der Waals surface area (Å²) in [4.78, 5) is 11.8. The van der Waals surface area contributed by atoms with Gasteiger partial charge in [0.2, 0.25) is 5.91 Å². The molecule has 2 aliphatic rings. The molecule has 0 radical (unpaired) electrons. The van der Waals surface area contributed by atoms with Crippen LogP contribution in [0.3, 0.4) is 0 Å². The number of amides is 1. The Bertz CT molecular complexity index is 521. The first-order chi connectivity index (χ1) is 8.72. The molecule has 94 valence electrons. The van der Waals surface area contributed by atoms with Gasteiger partial charge in [-0.1, -0.05) is 11.6 Å². The van der Waals surface area contributed by atoms with Crippen LogP contribution in [0.15, 0.2) is 24.3 Å². The maximum atomic E-state index is 11.8. The number of carbonyl (C=O) groups excluding carboxylic acids is 1. The minimum atomic E-state index is -0.0136. The third-order valence-corrected chi connectivity index (χ3v) is 3.38. The van der Waals surface area contributed by atoms with Crippen molar-refractivity contribution in [3.8, 4) is 5.75 Å². The summed E-state index contributed by atoms with van der Waals surface area (Å²) in [5, 5.41) is 3.62. The molecule has 3 nitrogen and oxygen atoms in total. The van der Waals surface area contributed by atoms with Gasteiger partial charge in [-0.15, -0.1) is 0 Å². The Morgan fingerprint density at radius 1 is 1.44 bits per heavy atom. The van der Waals surface area contributed by atoms with Gasteiger partial charge < -0.3 is 10.1 Å². The number of carbonyl (C=O) groups is 1. The maximum Gasteiger partial charge on any atom is 0.244 e. The van der Waals surface area contributed by atoms with Crippen LogP contribution in [0.2, 0.25) is 5.02 Å². The molecule has 0 atom stereocenters. The molecule has 0 spiro atoms. The van der Waals surface area contributed by atoms with Crippen molar-refractivity contribution >= 4 is 23.1 Å². The van der Waals surface area contributed by atoms with E-state index in [1.165, 1.54) is 0 Å². The molecule has 1 N–H and O–H groups in total. The van der Waals surface area contributed by atoms with Gasteiger partial charge in [0.1, 0.15) is 5.75 Å². The third-order valence-electron chi connectivity index (χ3n) is 3.15. The molecular weight excluding hydrogens is 250 g/mol. The second-order valence-electron chi connectivity index (χ2n) is 4.69. The quantitative estimate of drug-likeness (QED) is 0.834. The molecule has 1 heterocycles. The Morgan fingerprint density at radius 2 is 2.28 bits per heavy atom. The highest BCUT2D eigenvalue weighted by Gasteiger charge is 2.23. The van der Waals surface area contributed by atoms with E-state index < -0.39 is 0 Å². The number of halogens is 1. The van der Waals surface area contributed by atoms with Crippen molar-refractivity contribution in [2.75, 3.05) is 6.61 Å². The van der Waals surface area contributed by atoms with Gasteiger partial charge >= 0.3 is 0 Å². The molecule has 0 saturated heterocycles. The molecule has 0 unspecified atom stereocenters. The molecular formula is C14H14ClNO2. The minimum Gasteiger partial charge on any atom is -0.493 e. The summed E-state index contributed by atoms with van der Waals surface area (Å²) >= 11 is 5.99. The van der Waals surface area contributed by atoms with Gasteiger partial charge in [0.05, 0.1) is 6.61 Å². The van der Waals surface area contributed by atoms with Gasteiger partial charge in [-0.2, -0.15) is 0 Å². The topological polar surface area (TPSA) is 38.3 Å². The summed E-state index contributed by atoms with van der Waals surface area (Å²) in [6, 6.07) is 5.89. The molecule has 0 bridgehead atoms. The molecule has 3 rings (SSSR count). The summed E-state index contributed by atoms with van der Waals surface area (Å²) in [6.07, 6.45) is 4.61. The lowest BCUT2D eigenvalue weighted by atomic mass is 9.99. The first-order valence-corrected chi connectivity index (χ1v) is 6.54. The Kier molecular flexibility index (Phi) is 3.00. The van der Waals surface area contributed by atoms with Crippen LogP contribution in [0.1, 0.15) is 24.8 Å². The smallest absolute Gasteiger partial charge is 0.244 e. The van der Waals surface area contributed by atoms with Crippen molar-refractivity contribution in [3.05, 3.63) is 34.9 Å². The van der Waals surface area contributed by atoms with Gasteiger partial charge in [0.15, 0.2) is 0 Å². The van der Waals surface area contributed by atoms with Gasteiger partial charge in [-0.05, 0) is 36.6 Å². The molecule has 4 heteroatoms. The predicted molar refractivity (Wildman–Crippen MR) is 70.7 cm³/mol. The molecule has 1 amide bonds. The highest BCUT2D eigenvalue weighted by Crippen LogP contribution is 2.34. The van der Waals surface area contributed by atoms with Gasteiger partial charge in [-0.3, -0.25) is 4.79 Å². The van der Waals surface area contributed by atoms with E-state index in [1.807, 2.05) is 12.1 Å². The highest BCUT2D eigenvalue weighted by atomic mass is 35.5. The summed E-state index contributed by atoms with van der Waals surface area (Å²) in [5.74, 6) is 0.788. The number of nitrogens with one attached hydrogen (secondary N) is 1. The molecule has 18 heavy (non-hydrogen) atoms. The number of benzene rings is 1. The first kappa shape index (κ1) is 11.6. The van der Waals surface area contributed by atoms with E-state index in [0.717, 1.165) is 36.1 Å².